The SMILES string of the molecule is CN1CCCC1C1CCCN1C(=O)CCCc1ccccc1. The van der Waals surface area contributed by atoms with Crippen LogP contribution in [0.5, 0.6) is 0 Å². The van der Waals surface area contributed by atoms with Crippen LogP contribution in [0.3, 0.4) is 0 Å². The molecule has 2 saturated heterocycles. The first kappa shape index (κ1) is 15.5. The number of nitrogens with zero attached hydrogens (tertiary/aromatic N) is 2. The Kier molecular flexibility index (Phi) is 5.14. The topological polar surface area (TPSA) is 23.6 Å². The van der Waals surface area contributed by atoms with Crippen LogP contribution in [0, 0.1) is 0 Å². The average molecular weight is 300 g/mol. The van der Waals surface area contributed by atoms with E-state index in [0.717, 1.165) is 19.4 Å². The maximum Gasteiger partial charge on any atom is 0.222 e. The summed E-state index contributed by atoms with van der Waals surface area (Å²) in [7, 11) is 2.22. The lowest BCUT2D eigenvalue weighted by molar-refractivity contribution is -0.133. The number of likely N-dealkylation sites (N-methyl/N-ethyl adjacent to an activating group) is 1. The number of likely N-dealkylation sites (tertiary alicyclic amines) is 2. The van der Waals surface area contributed by atoms with Gasteiger partial charge in [0.25, 0.3) is 0 Å². The summed E-state index contributed by atoms with van der Waals surface area (Å²) in [5.41, 5.74) is 1.34. The molecule has 2 unspecified atom stereocenters. The standard InChI is InChI=1S/C19H28N2O/c1-20-14-6-11-17(20)18-12-7-15-21(18)19(22)13-5-10-16-8-3-2-4-9-16/h2-4,8-9,17-18H,5-7,10-15H2,1H3. The molecule has 2 atom stereocenters. The van der Waals surface area contributed by atoms with E-state index in [1.807, 2.05) is 6.07 Å². The molecule has 2 fully saturated rings. The third kappa shape index (κ3) is 3.52. The Labute approximate surface area is 134 Å². The molecule has 1 aromatic carbocycles. The fourth-order valence-corrected chi connectivity index (χ4v) is 4.16. The van der Waals surface area contributed by atoms with E-state index in [-0.39, 0.29) is 0 Å². The van der Waals surface area contributed by atoms with Gasteiger partial charge in [-0.25, -0.2) is 0 Å². The van der Waals surface area contributed by atoms with Crippen molar-refractivity contribution in [1.29, 1.82) is 0 Å². The van der Waals surface area contributed by atoms with Crippen LogP contribution in [0.1, 0.15) is 44.1 Å². The van der Waals surface area contributed by atoms with Crippen LogP contribution in [0.2, 0.25) is 0 Å². The Morgan fingerprint density at radius 2 is 1.82 bits per heavy atom. The van der Waals surface area contributed by atoms with E-state index in [9.17, 15) is 4.79 Å². The van der Waals surface area contributed by atoms with Crippen molar-refractivity contribution in [3.63, 3.8) is 0 Å². The molecular formula is C19H28N2O. The predicted octanol–water partition coefficient (Wildman–Crippen LogP) is 3.09. The second-order valence-corrected chi connectivity index (χ2v) is 6.83. The lowest BCUT2D eigenvalue weighted by atomic mass is 10.0. The Morgan fingerprint density at radius 1 is 1.09 bits per heavy atom. The van der Waals surface area contributed by atoms with E-state index in [4.69, 9.17) is 0 Å². The molecule has 0 N–H and O–H groups in total. The summed E-state index contributed by atoms with van der Waals surface area (Å²) in [5.74, 6) is 0.374. The highest BCUT2D eigenvalue weighted by Crippen LogP contribution is 2.29. The molecule has 1 aromatic rings. The van der Waals surface area contributed by atoms with Crippen molar-refractivity contribution in [2.45, 2.75) is 57.0 Å². The molecule has 0 spiro atoms. The van der Waals surface area contributed by atoms with Gasteiger partial charge in [0.05, 0.1) is 0 Å². The summed E-state index contributed by atoms with van der Waals surface area (Å²) in [6.45, 7) is 2.16. The van der Waals surface area contributed by atoms with Crippen molar-refractivity contribution < 1.29 is 4.79 Å². The highest BCUT2D eigenvalue weighted by Gasteiger charge is 2.37. The second-order valence-electron chi connectivity index (χ2n) is 6.83. The van der Waals surface area contributed by atoms with Crippen molar-refractivity contribution in [3.05, 3.63) is 35.9 Å². The third-order valence-corrected chi connectivity index (χ3v) is 5.34. The number of benzene rings is 1. The lowest BCUT2D eigenvalue weighted by Crippen LogP contribution is -2.47. The van der Waals surface area contributed by atoms with Crippen LogP contribution in [-0.2, 0) is 11.2 Å². The van der Waals surface area contributed by atoms with Gasteiger partial charge in [-0.05, 0) is 57.7 Å². The van der Waals surface area contributed by atoms with Crippen molar-refractivity contribution in [3.8, 4) is 0 Å². The largest absolute Gasteiger partial charge is 0.338 e. The number of rotatable bonds is 5. The number of hydrogen-bond acceptors (Lipinski definition) is 2. The smallest absolute Gasteiger partial charge is 0.222 e. The van der Waals surface area contributed by atoms with Crippen molar-refractivity contribution in [2.75, 3.05) is 20.1 Å². The van der Waals surface area contributed by atoms with Crippen molar-refractivity contribution in [1.82, 2.24) is 9.80 Å². The van der Waals surface area contributed by atoms with Crippen molar-refractivity contribution in [2.24, 2.45) is 0 Å². The minimum absolute atomic E-state index is 0.374. The molecule has 2 heterocycles. The highest BCUT2D eigenvalue weighted by atomic mass is 16.2. The molecule has 3 rings (SSSR count). The minimum atomic E-state index is 0.374. The second kappa shape index (κ2) is 7.28. The van der Waals surface area contributed by atoms with E-state index in [2.05, 4.69) is 41.1 Å². The molecule has 0 aromatic heterocycles. The Balaban J connectivity index is 1.50. The summed E-state index contributed by atoms with van der Waals surface area (Å²) in [5, 5.41) is 0. The molecular weight excluding hydrogens is 272 g/mol. The van der Waals surface area contributed by atoms with Gasteiger partial charge in [-0.2, -0.15) is 0 Å². The summed E-state index contributed by atoms with van der Waals surface area (Å²) in [6.07, 6.45) is 7.59. The first-order valence-corrected chi connectivity index (χ1v) is 8.79. The molecule has 3 nitrogen and oxygen atoms in total. The van der Waals surface area contributed by atoms with E-state index in [0.29, 0.717) is 24.4 Å². The normalized spacial score (nSPS) is 25.8. The van der Waals surface area contributed by atoms with Crippen LogP contribution in [0.15, 0.2) is 30.3 Å². The maximum absolute atomic E-state index is 12.6. The molecule has 22 heavy (non-hydrogen) atoms. The highest BCUT2D eigenvalue weighted by molar-refractivity contribution is 5.77. The lowest BCUT2D eigenvalue weighted by Gasteiger charge is -2.33. The van der Waals surface area contributed by atoms with E-state index < -0.39 is 0 Å². The molecule has 2 aliphatic rings. The summed E-state index contributed by atoms with van der Waals surface area (Å²) in [4.78, 5) is 17.3. The molecule has 1 amide bonds. The van der Waals surface area contributed by atoms with Crippen LogP contribution in [-0.4, -0.2) is 47.9 Å². The van der Waals surface area contributed by atoms with Gasteiger partial charge in [0.2, 0.25) is 5.91 Å². The number of hydrogen-bond donors (Lipinski definition) is 0. The van der Waals surface area contributed by atoms with Gasteiger partial charge in [-0.3, -0.25) is 4.79 Å². The maximum atomic E-state index is 12.6. The minimum Gasteiger partial charge on any atom is -0.338 e. The van der Waals surface area contributed by atoms with Crippen LogP contribution < -0.4 is 0 Å². The third-order valence-electron chi connectivity index (χ3n) is 5.34. The van der Waals surface area contributed by atoms with Gasteiger partial charge >= 0.3 is 0 Å². The number of carbonyl (C=O) groups excluding carboxylic acids is 1. The number of amides is 1. The summed E-state index contributed by atoms with van der Waals surface area (Å²) < 4.78 is 0. The average Bonchev–Trinajstić information content (AvgIpc) is 3.16. The summed E-state index contributed by atoms with van der Waals surface area (Å²) >= 11 is 0. The zero-order chi connectivity index (χ0) is 15.4. The first-order chi connectivity index (χ1) is 10.8. The van der Waals surface area contributed by atoms with E-state index in [1.54, 1.807) is 0 Å². The van der Waals surface area contributed by atoms with Gasteiger partial charge in [0.15, 0.2) is 0 Å². The molecule has 120 valence electrons. The predicted molar refractivity (Wildman–Crippen MR) is 89.8 cm³/mol. The van der Waals surface area contributed by atoms with Crippen LogP contribution >= 0.6 is 0 Å². The van der Waals surface area contributed by atoms with Gasteiger partial charge in [0, 0.05) is 25.0 Å². The molecule has 0 bridgehead atoms. The number of aryl methyl sites for hydroxylation is 1. The van der Waals surface area contributed by atoms with Gasteiger partial charge in [-0.1, -0.05) is 30.3 Å². The summed E-state index contributed by atoms with van der Waals surface area (Å²) in [6, 6.07) is 11.6. The molecule has 3 heteroatoms. The first-order valence-electron chi connectivity index (χ1n) is 8.79. The Morgan fingerprint density at radius 3 is 2.55 bits per heavy atom. The van der Waals surface area contributed by atoms with Crippen LogP contribution in [0.25, 0.3) is 0 Å². The quantitative estimate of drug-likeness (QED) is 0.834. The fourth-order valence-electron chi connectivity index (χ4n) is 4.16. The van der Waals surface area contributed by atoms with Gasteiger partial charge in [-0.15, -0.1) is 0 Å². The Hall–Kier alpha value is -1.35. The van der Waals surface area contributed by atoms with Gasteiger partial charge < -0.3 is 9.80 Å². The zero-order valence-corrected chi connectivity index (χ0v) is 13.7. The molecule has 0 radical (unpaired) electrons. The molecule has 0 saturated carbocycles. The molecule has 2 aliphatic heterocycles. The Bertz CT molecular complexity index is 487. The van der Waals surface area contributed by atoms with E-state index >= 15 is 0 Å². The fraction of sp³-hybridized carbons (Fsp3) is 0.632. The van der Waals surface area contributed by atoms with E-state index in [1.165, 1.54) is 37.8 Å². The molecule has 0 aliphatic carbocycles. The monoisotopic (exact) mass is 300 g/mol. The zero-order valence-electron chi connectivity index (χ0n) is 13.7. The number of carbonyl (C=O) groups is 1. The van der Waals surface area contributed by atoms with Gasteiger partial charge in [0.1, 0.15) is 0 Å². The van der Waals surface area contributed by atoms with Crippen LogP contribution in [0.4, 0.5) is 0 Å². The van der Waals surface area contributed by atoms with Crippen molar-refractivity contribution >= 4 is 5.91 Å².